The first kappa shape index (κ1) is 10.9. The van der Waals surface area contributed by atoms with Gasteiger partial charge in [0.1, 0.15) is 0 Å². The van der Waals surface area contributed by atoms with Crippen LogP contribution in [-0.4, -0.2) is 4.98 Å². The second-order valence-corrected chi connectivity index (χ2v) is 3.95. The summed E-state index contributed by atoms with van der Waals surface area (Å²) in [5.74, 6) is -0.770. The number of aromatic amines is 1. The number of nitrogens with one attached hydrogen (secondary N) is 1. The molecule has 0 saturated carbocycles. The second-order valence-electron chi connectivity index (χ2n) is 3.52. The fraction of sp³-hybridized carbons (Fsp3) is 0.0833. The molecule has 0 fully saturated rings. The molecule has 0 unspecified atom stereocenters. The van der Waals surface area contributed by atoms with E-state index in [1.807, 2.05) is 0 Å². The van der Waals surface area contributed by atoms with E-state index < -0.39 is 11.4 Å². The van der Waals surface area contributed by atoms with Crippen molar-refractivity contribution in [3.63, 3.8) is 0 Å². The number of aryl methyl sites for hydroxylation is 1. The van der Waals surface area contributed by atoms with Crippen molar-refractivity contribution >= 4 is 11.6 Å². The van der Waals surface area contributed by atoms with Crippen LogP contribution < -0.4 is 5.56 Å². The van der Waals surface area contributed by atoms with E-state index in [4.69, 9.17) is 11.6 Å². The lowest BCUT2D eigenvalue weighted by molar-refractivity contribution is 0.611. The van der Waals surface area contributed by atoms with Crippen LogP contribution in [0.1, 0.15) is 5.69 Å². The first-order valence-corrected chi connectivity index (χ1v) is 5.11. The van der Waals surface area contributed by atoms with Gasteiger partial charge in [0.15, 0.2) is 5.82 Å². The Morgan fingerprint density at radius 1 is 1.25 bits per heavy atom. The fourth-order valence-corrected chi connectivity index (χ4v) is 1.64. The molecule has 0 amide bonds. The molecule has 2 nitrogen and oxygen atoms in total. The van der Waals surface area contributed by atoms with E-state index >= 15 is 0 Å². The number of hydrogen-bond acceptors (Lipinski definition) is 1. The van der Waals surface area contributed by atoms with E-state index in [1.165, 1.54) is 0 Å². The summed E-state index contributed by atoms with van der Waals surface area (Å²) in [6, 6.07) is 8.28. The summed E-state index contributed by atoms with van der Waals surface area (Å²) in [7, 11) is 0. The van der Waals surface area contributed by atoms with Gasteiger partial charge in [0.2, 0.25) is 0 Å². The van der Waals surface area contributed by atoms with Gasteiger partial charge in [0, 0.05) is 16.3 Å². The van der Waals surface area contributed by atoms with E-state index in [2.05, 4.69) is 4.98 Å². The predicted molar refractivity (Wildman–Crippen MR) is 62.2 cm³/mol. The van der Waals surface area contributed by atoms with E-state index in [1.54, 1.807) is 37.3 Å². The molecule has 0 bridgehead atoms. The number of aromatic nitrogens is 1. The molecule has 0 aliphatic rings. The largest absolute Gasteiger partial charge is 0.324 e. The van der Waals surface area contributed by atoms with Gasteiger partial charge >= 0.3 is 0 Å². The number of halogens is 2. The average molecular weight is 238 g/mol. The topological polar surface area (TPSA) is 32.9 Å². The molecule has 2 aromatic rings. The molecule has 2 rings (SSSR count). The molecule has 1 aromatic heterocycles. The quantitative estimate of drug-likeness (QED) is 0.812. The normalized spacial score (nSPS) is 10.4. The summed E-state index contributed by atoms with van der Waals surface area (Å²) < 4.78 is 13.6. The average Bonchev–Trinajstić information content (AvgIpc) is 2.25. The lowest BCUT2D eigenvalue weighted by Gasteiger charge is -2.04. The molecular weight excluding hydrogens is 229 g/mol. The molecule has 0 atom stereocenters. The van der Waals surface area contributed by atoms with Crippen molar-refractivity contribution in [3.05, 3.63) is 57.2 Å². The molecule has 1 N–H and O–H groups in total. The Morgan fingerprint density at radius 3 is 2.50 bits per heavy atom. The molecule has 0 spiro atoms. The zero-order valence-corrected chi connectivity index (χ0v) is 9.31. The summed E-state index contributed by atoms with van der Waals surface area (Å²) in [5.41, 5.74) is 0.843. The Morgan fingerprint density at radius 2 is 1.88 bits per heavy atom. The summed E-state index contributed by atoms with van der Waals surface area (Å²) in [6.45, 7) is 1.71. The van der Waals surface area contributed by atoms with Crippen LogP contribution >= 0.6 is 11.6 Å². The van der Waals surface area contributed by atoms with E-state index in [9.17, 15) is 9.18 Å². The van der Waals surface area contributed by atoms with E-state index in [0.29, 0.717) is 16.3 Å². The standard InChI is InChI=1S/C12H9ClFNO/c1-7-6-10(11(14)12(16)15-7)8-2-4-9(13)5-3-8/h2-6H,1H3,(H,15,16). The van der Waals surface area contributed by atoms with Crippen LogP contribution in [0.15, 0.2) is 35.1 Å². The lowest BCUT2D eigenvalue weighted by Crippen LogP contribution is -2.13. The van der Waals surface area contributed by atoms with Crippen molar-refractivity contribution in [3.8, 4) is 11.1 Å². The Kier molecular flexibility index (Phi) is 2.79. The zero-order chi connectivity index (χ0) is 11.7. The zero-order valence-electron chi connectivity index (χ0n) is 8.55. The summed E-state index contributed by atoms with van der Waals surface area (Å²) in [6.07, 6.45) is 0. The third-order valence-electron chi connectivity index (χ3n) is 2.26. The number of benzene rings is 1. The van der Waals surface area contributed by atoms with Gasteiger partial charge in [-0.05, 0) is 30.7 Å². The van der Waals surface area contributed by atoms with Gasteiger partial charge in [0.05, 0.1) is 0 Å². The number of H-pyrrole nitrogens is 1. The molecule has 0 saturated heterocycles. The van der Waals surface area contributed by atoms with Gasteiger partial charge in [-0.15, -0.1) is 0 Å². The van der Waals surface area contributed by atoms with Crippen LogP contribution in [0.3, 0.4) is 0 Å². The minimum absolute atomic E-state index is 0.290. The second kappa shape index (κ2) is 4.10. The monoisotopic (exact) mass is 237 g/mol. The fourth-order valence-electron chi connectivity index (χ4n) is 1.51. The highest BCUT2D eigenvalue weighted by Gasteiger charge is 2.09. The van der Waals surface area contributed by atoms with Gasteiger partial charge in [-0.3, -0.25) is 4.79 Å². The van der Waals surface area contributed by atoms with Gasteiger partial charge < -0.3 is 4.98 Å². The number of pyridine rings is 1. The molecule has 82 valence electrons. The molecule has 0 aliphatic carbocycles. The smallest absolute Gasteiger partial charge is 0.284 e. The van der Waals surface area contributed by atoms with Gasteiger partial charge in [0.25, 0.3) is 5.56 Å². The number of hydrogen-bond donors (Lipinski definition) is 1. The third-order valence-corrected chi connectivity index (χ3v) is 2.51. The van der Waals surface area contributed by atoms with E-state index in [-0.39, 0.29) is 5.56 Å². The maximum Gasteiger partial charge on any atom is 0.284 e. The van der Waals surface area contributed by atoms with Crippen LogP contribution in [0.4, 0.5) is 4.39 Å². The molecule has 0 radical (unpaired) electrons. The molecule has 1 heterocycles. The first-order valence-electron chi connectivity index (χ1n) is 4.73. The van der Waals surface area contributed by atoms with Crippen molar-refractivity contribution in [2.24, 2.45) is 0 Å². The van der Waals surface area contributed by atoms with Crippen molar-refractivity contribution in [2.45, 2.75) is 6.92 Å². The Labute approximate surface area is 96.7 Å². The number of rotatable bonds is 1. The minimum Gasteiger partial charge on any atom is -0.324 e. The van der Waals surface area contributed by atoms with Gasteiger partial charge in [-0.2, -0.15) is 0 Å². The highest BCUT2D eigenvalue weighted by atomic mass is 35.5. The Balaban J connectivity index is 2.64. The molecule has 0 aliphatic heterocycles. The lowest BCUT2D eigenvalue weighted by atomic mass is 10.1. The van der Waals surface area contributed by atoms with E-state index in [0.717, 1.165) is 0 Å². The van der Waals surface area contributed by atoms with Crippen LogP contribution in [0.5, 0.6) is 0 Å². The van der Waals surface area contributed by atoms with Crippen molar-refractivity contribution in [1.82, 2.24) is 4.98 Å². The summed E-state index contributed by atoms with van der Waals surface area (Å²) in [5, 5.41) is 0.575. The Hall–Kier alpha value is -1.61. The van der Waals surface area contributed by atoms with Crippen LogP contribution in [0.25, 0.3) is 11.1 Å². The molecule has 1 aromatic carbocycles. The molecular formula is C12H9ClFNO. The first-order chi connectivity index (χ1) is 7.58. The predicted octanol–water partition coefficient (Wildman–Crippen LogP) is 3.14. The highest BCUT2D eigenvalue weighted by Crippen LogP contribution is 2.22. The third kappa shape index (κ3) is 1.99. The summed E-state index contributed by atoms with van der Waals surface area (Å²) >= 11 is 5.74. The summed E-state index contributed by atoms with van der Waals surface area (Å²) in [4.78, 5) is 13.6. The van der Waals surface area contributed by atoms with Gasteiger partial charge in [-0.25, -0.2) is 4.39 Å². The van der Waals surface area contributed by atoms with Crippen molar-refractivity contribution in [2.75, 3.05) is 0 Å². The maximum atomic E-state index is 13.6. The Bertz CT molecular complexity index is 575. The molecule has 16 heavy (non-hydrogen) atoms. The van der Waals surface area contributed by atoms with Crippen LogP contribution in [0, 0.1) is 12.7 Å². The van der Waals surface area contributed by atoms with Crippen LogP contribution in [-0.2, 0) is 0 Å². The van der Waals surface area contributed by atoms with Crippen LogP contribution in [0.2, 0.25) is 5.02 Å². The molecule has 4 heteroatoms. The van der Waals surface area contributed by atoms with Crippen molar-refractivity contribution in [1.29, 1.82) is 0 Å². The minimum atomic E-state index is -0.770. The van der Waals surface area contributed by atoms with Crippen molar-refractivity contribution < 1.29 is 4.39 Å². The SMILES string of the molecule is Cc1cc(-c2ccc(Cl)cc2)c(F)c(=O)[nH]1. The highest BCUT2D eigenvalue weighted by molar-refractivity contribution is 6.30. The van der Waals surface area contributed by atoms with Gasteiger partial charge in [-0.1, -0.05) is 23.7 Å². The maximum absolute atomic E-state index is 13.6.